The van der Waals surface area contributed by atoms with Crippen molar-refractivity contribution in [1.29, 1.82) is 0 Å². The minimum Gasteiger partial charge on any atom is -0.466 e. The van der Waals surface area contributed by atoms with Crippen molar-refractivity contribution in [2.45, 2.75) is 6.18 Å². The van der Waals surface area contributed by atoms with Gasteiger partial charge in [-0.25, -0.2) is 9.59 Å². The average molecular weight is 372 g/mol. The van der Waals surface area contributed by atoms with E-state index in [0.717, 1.165) is 20.3 Å². The lowest BCUT2D eigenvalue weighted by atomic mass is 10.2. The van der Waals surface area contributed by atoms with Crippen LogP contribution in [0.15, 0.2) is 23.9 Å². The highest BCUT2D eigenvalue weighted by Gasteiger charge is 2.32. The van der Waals surface area contributed by atoms with E-state index in [4.69, 9.17) is 23.2 Å². The molecule has 126 valence electrons. The van der Waals surface area contributed by atoms with Crippen molar-refractivity contribution in [3.63, 3.8) is 0 Å². The van der Waals surface area contributed by atoms with Crippen LogP contribution < -0.4 is 5.32 Å². The minimum atomic E-state index is -4.64. The number of halogens is 5. The predicted octanol–water partition coefficient (Wildman–Crippen LogP) is 3.65. The van der Waals surface area contributed by atoms with Gasteiger partial charge in [-0.2, -0.15) is 13.2 Å². The first-order valence-corrected chi connectivity index (χ1v) is 6.57. The summed E-state index contributed by atoms with van der Waals surface area (Å²) in [5.41, 5.74) is -1.67. The highest BCUT2D eigenvalue weighted by Crippen LogP contribution is 2.39. The van der Waals surface area contributed by atoms with E-state index in [9.17, 15) is 22.8 Å². The van der Waals surface area contributed by atoms with Crippen molar-refractivity contribution in [2.75, 3.05) is 19.5 Å². The molecule has 0 saturated carbocycles. The van der Waals surface area contributed by atoms with Gasteiger partial charge in [0.05, 0.1) is 41.6 Å². The molecule has 0 fully saturated rings. The minimum absolute atomic E-state index is 0.193. The molecule has 0 aromatic heterocycles. The van der Waals surface area contributed by atoms with E-state index in [1.54, 1.807) is 0 Å². The third-order valence-corrected chi connectivity index (χ3v) is 3.09. The molecule has 1 N–H and O–H groups in total. The molecule has 0 aliphatic heterocycles. The van der Waals surface area contributed by atoms with E-state index in [-0.39, 0.29) is 5.69 Å². The average Bonchev–Trinajstić information content (AvgIpc) is 2.47. The Labute approximate surface area is 138 Å². The molecule has 0 heterocycles. The Morgan fingerprint density at radius 2 is 1.65 bits per heavy atom. The zero-order valence-corrected chi connectivity index (χ0v) is 13.3. The molecule has 23 heavy (non-hydrogen) atoms. The topological polar surface area (TPSA) is 64.6 Å². The van der Waals surface area contributed by atoms with Gasteiger partial charge in [0.2, 0.25) is 0 Å². The van der Waals surface area contributed by atoms with Crippen LogP contribution in [0.4, 0.5) is 18.9 Å². The van der Waals surface area contributed by atoms with E-state index < -0.39 is 39.4 Å². The van der Waals surface area contributed by atoms with Crippen LogP contribution in [0.25, 0.3) is 0 Å². The van der Waals surface area contributed by atoms with Crippen LogP contribution in [-0.4, -0.2) is 26.2 Å². The summed E-state index contributed by atoms with van der Waals surface area (Å²) in [4.78, 5) is 22.8. The standard InChI is InChI=1S/C13H10Cl2F3NO4/c1-22-10(20)5-9(12(21)23-2)19-11-7(14)3-6(4-8(11)15)13(16,17)18/h3-5,19H,1-2H3/b9-5+. The van der Waals surface area contributed by atoms with E-state index >= 15 is 0 Å². The highest BCUT2D eigenvalue weighted by atomic mass is 35.5. The number of rotatable bonds is 4. The zero-order chi connectivity index (χ0) is 17.8. The van der Waals surface area contributed by atoms with E-state index in [1.165, 1.54) is 0 Å². The number of anilines is 1. The Morgan fingerprint density at radius 3 is 2.04 bits per heavy atom. The monoisotopic (exact) mass is 371 g/mol. The molecule has 5 nitrogen and oxygen atoms in total. The first-order chi connectivity index (χ1) is 10.6. The molecular weight excluding hydrogens is 362 g/mol. The van der Waals surface area contributed by atoms with Crippen molar-refractivity contribution in [3.05, 3.63) is 39.5 Å². The summed E-state index contributed by atoms with van der Waals surface area (Å²) in [7, 11) is 2.12. The summed E-state index contributed by atoms with van der Waals surface area (Å²) >= 11 is 11.5. The van der Waals surface area contributed by atoms with E-state index in [1.807, 2.05) is 0 Å². The van der Waals surface area contributed by atoms with Gasteiger partial charge >= 0.3 is 18.1 Å². The number of carbonyl (C=O) groups is 2. The summed E-state index contributed by atoms with van der Waals surface area (Å²) in [6.45, 7) is 0. The maximum absolute atomic E-state index is 12.7. The second kappa shape index (κ2) is 7.56. The number of benzene rings is 1. The maximum atomic E-state index is 12.7. The van der Waals surface area contributed by atoms with Gasteiger partial charge in [0, 0.05) is 0 Å². The highest BCUT2D eigenvalue weighted by molar-refractivity contribution is 6.39. The summed E-state index contributed by atoms with van der Waals surface area (Å²) in [6.07, 6.45) is -3.89. The van der Waals surface area contributed by atoms with Crippen molar-refractivity contribution in [1.82, 2.24) is 0 Å². The van der Waals surface area contributed by atoms with Crippen LogP contribution >= 0.6 is 23.2 Å². The molecule has 0 aliphatic carbocycles. The normalized spacial score (nSPS) is 11.9. The molecule has 0 unspecified atom stereocenters. The molecule has 1 aromatic rings. The smallest absolute Gasteiger partial charge is 0.416 e. The van der Waals surface area contributed by atoms with Gasteiger partial charge in [0.25, 0.3) is 0 Å². The third-order valence-electron chi connectivity index (χ3n) is 2.50. The van der Waals surface area contributed by atoms with Crippen LogP contribution in [0.1, 0.15) is 5.56 Å². The molecule has 1 aromatic carbocycles. The Morgan fingerprint density at radius 1 is 1.13 bits per heavy atom. The molecular formula is C13H10Cl2F3NO4. The Kier molecular flexibility index (Phi) is 6.28. The number of ether oxygens (including phenoxy) is 2. The van der Waals surface area contributed by atoms with Crippen LogP contribution in [0.5, 0.6) is 0 Å². The molecule has 0 amide bonds. The van der Waals surface area contributed by atoms with E-state index in [2.05, 4.69) is 14.8 Å². The second-order valence-corrected chi connectivity index (χ2v) is 4.82. The first kappa shape index (κ1) is 19.1. The summed E-state index contributed by atoms with van der Waals surface area (Å²) in [5.74, 6) is -1.86. The van der Waals surface area contributed by atoms with Gasteiger partial charge in [-0.05, 0) is 12.1 Å². The zero-order valence-electron chi connectivity index (χ0n) is 11.8. The third kappa shape index (κ3) is 5.04. The molecule has 0 bridgehead atoms. The molecule has 0 atom stereocenters. The lowest BCUT2D eigenvalue weighted by Gasteiger charge is -2.15. The van der Waals surface area contributed by atoms with Crippen LogP contribution in [0.2, 0.25) is 10.0 Å². The summed E-state index contributed by atoms with van der Waals surface area (Å²) in [5, 5.41) is 1.57. The fraction of sp³-hybridized carbons (Fsp3) is 0.231. The maximum Gasteiger partial charge on any atom is 0.416 e. The lowest BCUT2D eigenvalue weighted by Crippen LogP contribution is -2.16. The van der Waals surface area contributed by atoms with Crippen molar-refractivity contribution in [2.24, 2.45) is 0 Å². The Hall–Kier alpha value is -1.93. The van der Waals surface area contributed by atoms with Crippen molar-refractivity contribution in [3.8, 4) is 0 Å². The Bertz CT molecular complexity index is 636. The second-order valence-electron chi connectivity index (χ2n) is 4.01. The number of nitrogens with one attached hydrogen (secondary N) is 1. The number of alkyl halides is 3. The van der Waals surface area contributed by atoms with Crippen LogP contribution in [-0.2, 0) is 25.2 Å². The predicted molar refractivity (Wildman–Crippen MR) is 77.2 cm³/mol. The van der Waals surface area contributed by atoms with Crippen LogP contribution in [0, 0.1) is 0 Å². The molecule has 0 saturated heterocycles. The fourth-order valence-electron chi connectivity index (χ4n) is 1.42. The van der Waals surface area contributed by atoms with Crippen molar-refractivity contribution >= 4 is 40.8 Å². The molecule has 1 rings (SSSR count). The summed E-state index contributed by atoms with van der Waals surface area (Å²) < 4.78 is 46.8. The van der Waals surface area contributed by atoms with E-state index in [0.29, 0.717) is 12.1 Å². The summed E-state index contributed by atoms with van der Waals surface area (Å²) in [6, 6.07) is 1.26. The van der Waals surface area contributed by atoms with Gasteiger partial charge < -0.3 is 14.8 Å². The SMILES string of the molecule is COC(=O)/C=C(/Nc1c(Cl)cc(C(F)(F)F)cc1Cl)C(=O)OC. The van der Waals surface area contributed by atoms with Gasteiger partial charge in [-0.1, -0.05) is 23.2 Å². The van der Waals surface area contributed by atoms with Crippen LogP contribution in [0.3, 0.4) is 0 Å². The van der Waals surface area contributed by atoms with Gasteiger partial charge in [0.1, 0.15) is 5.70 Å². The number of carbonyl (C=O) groups excluding carboxylic acids is 2. The van der Waals surface area contributed by atoms with Gasteiger partial charge in [-0.15, -0.1) is 0 Å². The largest absolute Gasteiger partial charge is 0.466 e. The molecule has 0 spiro atoms. The molecule has 0 radical (unpaired) electrons. The lowest BCUT2D eigenvalue weighted by molar-refractivity contribution is -0.138. The number of hydrogen-bond acceptors (Lipinski definition) is 5. The number of hydrogen-bond donors (Lipinski definition) is 1. The van der Waals surface area contributed by atoms with Crippen molar-refractivity contribution < 1.29 is 32.2 Å². The fourth-order valence-corrected chi connectivity index (χ4v) is 2.01. The Balaban J connectivity index is 3.27. The molecule has 10 heteroatoms. The number of esters is 2. The van der Waals surface area contributed by atoms with Gasteiger partial charge in [0.15, 0.2) is 0 Å². The quantitative estimate of drug-likeness (QED) is 0.646. The molecule has 0 aliphatic rings. The first-order valence-electron chi connectivity index (χ1n) is 5.81. The number of methoxy groups -OCH3 is 2. The van der Waals surface area contributed by atoms with Gasteiger partial charge in [-0.3, -0.25) is 0 Å².